The third kappa shape index (κ3) is 3.64. The van der Waals surface area contributed by atoms with Crippen LogP contribution in [0.15, 0.2) is 36.4 Å². The normalized spacial score (nSPS) is 10.2. The summed E-state index contributed by atoms with van der Waals surface area (Å²) in [5.74, 6) is 5.78. The van der Waals surface area contributed by atoms with Gasteiger partial charge in [-0.1, -0.05) is 12.1 Å². The van der Waals surface area contributed by atoms with Gasteiger partial charge in [-0.25, -0.2) is 5.84 Å². The molecule has 19 heavy (non-hydrogen) atoms. The van der Waals surface area contributed by atoms with Gasteiger partial charge in [-0.05, 0) is 30.7 Å². The van der Waals surface area contributed by atoms with Crippen molar-refractivity contribution in [3.63, 3.8) is 0 Å². The molecule has 5 N–H and O–H groups in total. The van der Waals surface area contributed by atoms with Gasteiger partial charge >= 0.3 is 0 Å². The van der Waals surface area contributed by atoms with Crippen molar-refractivity contribution in [2.24, 2.45) is 5.84 Å². The molecule has 0 aliphatic rings. The number of hydrazine groups is 1. The first kappa shape index (κ1) is 13.3. The Labute approximate surface area is 111 Å². The van der Waals surface area contributed by atoms with E-state index < -0.39 is 0 Å². The van der Waals surface area contributed by atoms with E-state index in [4.69, 9.17) is 10.9 Å². The molecule has 0 unspecified atom stereocenters. The van der Waals surface area contributed by atoms with Crippen LogP contribution in [-0.4, -0.2) is 28.5 Å². The van der Waals surface area contributed by atoms with Gasteiger partial charge in [0.05, 0.1) is 5.69 Å². The molecule has 2 rings (SSSR count). The van der Waals surface area contributed by atoms with Crippen molar-refractivity contribution in [1.82, 2.24) is 10.2 Å². The highest BCUT2D eigenvalue weighted by atomic mass is 16.3. The third-order valence-electron chi connectivity index (χ3n) is 2.63. The molecule has 0 saturated carbocycles. The summed E-state index contributed by atoms with van der Waals surface area (Å²) < 4.78 is 0. The summed E-state index contributed by atoms with van der Waals surface area (Å²) in [6.45, 7) is 0.924. The van der Waals surface area contributed by atoms with Crippen molar-refractivity contribution in [2.45, 2.75) is 6.42 Å². The summed E-state index contributed by atoms with van der Waals surface area (Å²) in [4.78, 5) is 0. The second-order valence-electron chi connectivity index (χ2n) is 4.03. The largest absolute Gasteiger partial charge is 0.396 e. The first-order valence-electron chi connectivity index (χ1n) is 6.09. The number of aromatic nitrogens is 2. The Kier molecular flexibility index (Phi) is 4.66. The highest BCUT2D eigenvalue weighted by molar-refractivity contribution is 5.65. The lowest BCUT2D eigenvalue weighted by atomic mass is 10.1. The van der Waals surface area contributed by atoms with Gasteiger partial charge in [0, 0.05) is 24.4 Å². The molecule has 100 valence electrons. The monoisotopic (exact) mass is 259 g/mol. The minimum absolute atomic E-state index is 0.186. The molecular weight excluding hydrogens is 242 g/mol. The molecule has 2 aromatic rings. The maximum atomic E-state index is 8.75. The van der Waals surface area contributed by atoms with Crippen LogP contribution in [0.4, 0.5) is 11.5 Å². The van der Waals surface area contributed by atoms with Crippen LogP contribution in [0.2, 0.25) is 0 Å². The number of rotatable bonds is 6. The van der Waals surface area contributed by atoms with Crippen LogP contribution in [0.3, 0.4) is 0 Å². The number of nitrogens with two attached hydrogens (primary N) is 1. The van der Waals surface area contributed by atoms with Crippen LogP contribution in [-0.2, 0) is 0 Å². The minimum Gasteiger partial charge on any atom is -0.396 e. The zero-order valence-corrected chi connectivity index (χ0v) is 10.5. The van der Waals surface area contributed by atoms with E-state index >= 15 is 0 Å². The number of nitrogens with zero attached hydrogens (tertiary/aromatic N) is 2. The van der Waals surface area contributed by atoms with E-state index in [2.05, 4.69) is 20.9 Å². The van der Waals surface area contributed by atoms with E-state index in [-0.39, 0.29) is 6.61 Å². The average Bonchev–Trinajstić information content (AvgIpc) is 2.48. The molecule has 0 radical (unpaired) electrons. The van der Waals surface area contributed by atoms with Crippen LogP contribution in [0, 0.1) is 0 Å². The van der Waals surface area contributed by atoms with Crippen molar-refractivity contribution < 1.29 is 5.11 Å². The molecule has 6 nitrogen and oxygen atoms in total. The van der Waals surface area contributed by atoms with E-state index in [1.54, 1.807) is 6.07 Å². The lowest BCUT2D eigenvalue weighted by Gasteiger charge is -2.07. The Morgan fingerprint density at radius 3 is 2.74 bits per heavy atom. The van der Waals surface area contributed by atoms with E-state index in [9.17, 15) is 0 Å². The van der Waals surface area contributed by atoms with Crippen LogP contribution in [0.1, 0.15) is 6.42 Å². The molecule has 0 atom stereocenters. The topological polar surface area (TPSA) is 96.1 Å². The van der Waals surface area contributed by atoms with Gasteiger partial charge in [0.2, 0.25) is 0 Å². The Morgan fingerprint density at radius 2 is 2.05 bits per heavy atom. The first-order valence-corrected chi connectivity index (χ1v) is 6.09. The number of nitrogens with one attached hydrogen (secondary N) is 2. The second kappa shape index (κ2) is 6.67. The van der Waals surface area contributed by atoms with E-state index in [0.717, 1.165) is 29.9 Å². The van der Waals surface area contributed by atoms with Crippen LogP contribution >= 0.6 is 0 Å². The summed E-state index contributed by atoms with van der Waals surface area (Å²) in [6.07, 6.45) is 0.723. The summed E-state index contributed by atoms with van der Waals surface area (Å²) >= 11 is 0. The van der Waals surface area contributed by atoms with E-state index in [0.29, 0.717) is 5.82 Å². The average molecular weight is 259 g/mol. The molecule has 0 aliphatic heterocycles. The molecule has 0 bridgehead atoms. The fraction of sp³-hybridized carbons (Fsp3) is 0.231. The zero-order valence-electron chi connectivity index (χ0n) is 10.5. The van der Waals surface area contributed by atoms with Crippen LogP contribution < -0.4 is 16.6 Å². The number of anilines is 2. The van der Waals surface area contributed by atoms with Crippen molar-refractivity contribution in [3.05, 3.63) is 36.4 Å². The molecule has 1 aromatic heterocycles. The molecule has 0 aliphatic carbocycles. The van der Waals surface area contributed by atoms with Crippen LogP contribution in [0.25, 0.3) is 11.3 Å². The molecule has 0 saturated heterocycles. The Bertz CT molecular complexity index is 515. The number of nitrogen functional groups attached to an aromatic ring is 1. The molecule has 0 fully saturated rings. The lowest BCUT2D eigenvalue weighted by molar-refractivity contribution is 0.292. The fourth-order valence-corrected chi connectivity index (χ4v) is 1.66. The van der Waals surface area contributed by atoms with Crippen molar-refractivity contribution >= 4 is 11.5 Å². The summed E-state index contributed by atoms with van der Waals surface area (Å²) in [5, 5.41) is 20.0. The molecule has 1 aromatic carbocycles. The van der Waals surface area contributed by atoms with Gasteiger partial charge < -0.3 is 15.8 Å². The summed E-state index contributed by atoms with van der Waals surface area (Å²) in [6, 6.07) is 11.5. The number of aliphatic hydroxyl groups is 1. The predicted molar refractivity (Wildman–Crippen MR) is 75.5 cm³/mol. The second-order valence-corrected chi connectivity index (χ2v) is 4.03. The van der Waals surface area contributed by atoms with Gasteiger partial charge in [0.15, 0.2) is 5.82 Å². The van der Waals surface area contributed by atoms with Crippen LogP contribution in [0.5, 0.6) is 0 Å². The van der Waals surface area contributed by atoms with E-state index in [1.807, 2.05) is 30.3 Å². The van der Waals surface area contributed by atoms with Gasteiger partial charge in [-0.15, -0.1) is 10.2 Å². The predicted octanol–water partition coefficient (Wildman–Crippen LogP) is 1.22. The van der Waals surface area contributed by atoms with Gasteiger partial charge in [-0.3, -0.25) is 0 Å². The molecular formula is C13H17N5O. The number of aliphatic hydroxyl groups excluding tert-OH is 1. The summed E-state index contributed by atoms with van der Waals surface area (Å²) in [5.41, 5.74) is 5.20. The maximum absolute atomic E-state index is 8.75. The highest BCUT2D eigenvalue weighted by Gasteiger charge is 2.01. The van der Waals surface area contributed by atoms with Crippen molar-refractivity contribution in [3.8, 4) is 11.3 Å². The quantitative estimate of drug-likeness (QED) is 0.354. The SMILES string of the molecule is NNc1ccc(-c2cccc(NCCCO)c2)nn1. The highest BCUT2D eigenvalue weighted by Crippen LogP contribution is 2.20. The Hall–Kier alpha value is -2.18. The Morgan fingerprint density at radius 1 is 1.16 bits per heavy atom. The third-order valence-corrected chi connectivity index (χ3v) is 2.63. The Balaban J connectivity index is 2.12. The maximum Gasteiger partial charge on any atom is 0.162 e. The van der Waals surface area contributed by atoms with Crippen molar-refractivity contribution in [1.29, 1.82) is 0 Å². The molecule has 0 spiro atoms. The summed E-state index contributed by atoms with van der Waals surface area (Å²) in [7, 11) is 0. The molecule has 6 heteroatoms. The minimum atomic E-state index is 0.186. The zero-order chi connectivity index (χ0) is 13.5. The number of hydrogen-bond donors (Lipinski definition) is 4. The number of benzene rings is 1. The van der Waals surface area contributed by atoms with Gasteiger partial charge in [0.25, 0.3) is 0 Å². The molecule has 1 heterocycles. The fourth-order valence-electron chi connectivity index (χ4n) is 1.66. The van der Waals surface area contributed by atoms with Gasteiger partial charge in [0.1, 0.15) is 0 Å². The van der Waals surface area contributed by atoms with E-state index in [1.165, 1.54) is 0 Å². The first-order chi connectivity index (χ1) is 9.33. The lowest BCUT2D eigenvalue weighted by Crippen LogP contribution is -2.09. The standard InChI is InChI=1S/C13H17N5O/c14-16-13-6-5-12(17-18-13)10-3-1-4-11(9-10)15-7-2-8-19/h1,3-6,9,15,19H,2,7-8,14H2,(H,16,18). The molecule has 0 amide bonds. The number of hydrogen-bond acceptors (Lipinski definition) is 6. The smallest absolute Gasteiger partial charge is 0.162 e. The van der Waals surface area contributed by atoms with Crippen molar-refractivity contribution in [2.75, 3.05) is 23.9 Å². The van der Waals surface area contributed by atoms with Gasteiger partial charge in [-0.2, -0.15) is 0 Å².